The van der Waals surface area contributed by atoms with Gasteiger partial charge in [0.15, 0.2) is 0 Å². The summed E-state index contributed by atoms with van der Waals surface area (Å²) in [7, 11) is 0. The topological polar surface area (TPSA) is 48.7 Å². The molecule has 28 heavy (non-hydrogen) atoms. The zero-order valence-corrected chi connectivity index (χ0v) is 17.4. The number of hydrogen-bond donors (Lipinski definition) is 0. The van der Waals surface area contributed by atoms with Gasteiger partial charge < -0.3 is 9.47 Å². The Bertz CT molecular complexity index is 1090. The lowest BCUT2D eigenvalue weighted by atomic mass is 9.99. The summed E-state index contributed by atoms with van der Waals surface area (Å²) < 4.78 is 28.5. The minimum atomic E-state index is -0.162. The highest BCUT2D eigenvalue weighted by molar-refractivity contribution is 14.1. The largest absolute Gasteiger partial charge is 0.493 e. The predicted molar refractivity (Wildman–Crippen MR) is 112 cm³/mol. The summed E-state index contributed by atoms with van der Waals surface area (Å²) in [5, 5.41) is 0. The molecule has 0 saturated heterocycles. The van der Waals surface area contributed by atoms with Crippen LogP contribution in [0.15, 0.2) is 30.7 Å². The first-order valence-corrected chi connectivity index (χ1v) is 10.5. The number of halogens is 2. The first-order valence-electron chi connectivity index (χ1n) is 9.43. The van der Waals surface area contributed by atoms with E-state index in [2.05, 4.69) is 33.7 Å². The number of rotatable bonds is 4. The van der Waals surface area contributed by atoms with Crippen molar-refractivity contribution < 1.29 is 13.9 Å². The molecule has 2 aliphatic heterocycles. The summed E-state index contributed by atoms with van der Waals surface area (Å²) >= 11 is 2.27. The van der Waals surface area contributed by atoms with Gasteiger partial charge in [0.1, 0.15) is 27.4 Å². The van der Waals surface area contributed by atoms with Crippen molar-refractivity contribution in [3.05, 3.63) is 62.8 Å². The van der Waals surface area contributed by atoms with E-state index in [1.54, 1.807) is 6.07 Å². The van der Waals surface area contributed by atoms with Gasteiger partial charge >= 0.3 is 0 Å². The van der Waals surface area contributed by atoms with E-state index >= 15 is 0 Å². The summed E-state index contributed by atoms with van der Waals surface area (Å²) in [4.78, 5) is 9.22. The Morgan fingerprint density at radius 2 is 2.07 bits per heavy atom. The molecule has 0 N–H and O–H groups in total. The average molecular weight is 491 g/mol. The molecule has 7 heteroatoms. The maximum atomic E-state index is 14.5. The van der Waals surface area contributed by atoms with E-state index in [-0.39, 0.29) is 5.82 Å². The van der Waals surface area contributed by atoms with Crippen LogP contribution in [-0.2, 0) is 24.0 Å². The van der Waals surface area contributed by atoms with Gasteiger partial charge in [-0.15, -0.1) is 0 Å². The lowest BCUT2D eigenvalue weighted by Gasteiger charge is -2.16. The third kappa shape index (κ3) is 3.10. The van der Waals surface area contributed by atoms with Crippen LogP contribution in [-0.4, -0.2) is 34.2 Å². The minimum Gasteiger partial charge on any atom is -0.493 e. The fourth-order valence-corrected chi connectivity index (χ4v) is 4.71. The zero-order valence-electron chi connectivity index (χ0n) is 15.3. The van der Waals surface area contributed by atoms with Gasteiger partial charge in [0, 0.05) is 30.2 Å². The van der Waals surface area contributed by atoms with Crippen molar-refractivity contribution in [1.82, 2.24) is 14.4 Å². The molecule has 2 aromatic heterocycles. The summed E-state index contributed by atoms with van der Waals surface area (Å²) in [6, 6.07) is 3.23. The lowest BCUT2D eigenvalue weighted by Crippen LogP contribution is -2.09. The van der Waals surface area contributed by atoms with Crippen molar-refractivity contribution in [1.29, 1.82) is 0 Å². The second-order valence-electron chi connectivity index (χ2n) is 7.00. The number of ether oxygens (including phenoxy) is 2. The van der Waals surface area contributed by atoms with Gasteiger partial charge in [-0.25, -0.2) is 14.4 Å². The molecule has 0 atom stereocenters. The van der Waals surface area contributed by atoms with Crippen molar-refractivity contribution in [2.24, 2.45) is 0 Å². The zero-order chi connectivity index (χ0) is 19.1. The van der Waals surface area contributed by atoms with Crippen molar-refractivity contribution >= 4 is 33.7 Å². The third-order valence-electron chi connectivity index (χ3n) is 5.45. The van der Waals surface area contributed by atoms with E-state index in [0.717, 1.165) is 56.9 Å². The molecule has 0 aliphatic carbocycles. The molecule has 0 saturated carbocycles. The van der Waals surface area contributed by atoms with Gasteiger partial charge in [-0.05, 0) is 58.7 Å². The summed E-state index contributed by atoms with van der Waals surface area (Å²) in [6.07, 6.45) is 8.73. The van der Waals surface area contributed by atoms with Gasteiger partial charge in [-0.3, -0.25) is 4.40 Å². The van der Waals surface area contributed by atoms with Crippen molar-refractivity contribution in [2.45, 2.75) is 25.7 Å². The number of benzene rings is 1. The van der Waals surface area contributed by atoms with Crippen molar-refractivity contribution in [3.63, 3.8) is 0 Å². The second kappa shape index (κ2) is 7.44. The first kappa shape index (κ1) is 18.1. The van der Waals surface area contributed by atoms with Crippen LogP contribution in [0, 0.1) is 9.52 Å². The molecule has 0 fully saturated rings. The number of aromatic nitrogens is 3. The van der Waals surface area contributed by atoms with E-state index in [9.17, 15) is 4.39 Å². The van der Waals surface area contributed by atoms with Gasteiger partial charge in [0.05, 0.1) is 25.3 Å². The van der Waals surface area contributed by atoms with Crippen LogP contribution in [0.4, 0.5) is 4.39 Å². The Morgan fingerprint density at radius 3 is 2.93 bits per heavy atom. The van der Waals surface area contributed by atoms with Crippen LogP contribution in [0.1, 0.15) is 28.9 Å². The summed E-state index contributed by atoms with van der Waals surface area (Å²) in [6.45, 7) is 1.99. The Hall–Kier alpha value is -2.00. The first-order chi connectivity index (χ1) is 13.7. The maximum Gasteiger partial charge on any atom is 0.127 e. The van der Waals surface area contributed by atoms with Crippen molar-refractivity contribution in [2.75, 3.05) is 19.8 Å². The molecule has 0 spiro atoms. The highest BCUT2D eigenvalue weighted by Gasteiger charge is 2.21. The molecular formula is C21H19FIN3O2. The molecule has 0 unspecified atom stereocenters. The molecule has 3 aromatic rings. The Kier molecular flexibility index (Phi) is 4.80. The second-order valence-corrected chi connectivity index (χ2v) is 8.02. The SMILES string of the molecule is Fc1ccc2c(c1CCc1ncc(C3=CCOCC3)c3c(I)ncn13)CCO2. The lowest BCUT2D eigenvalue weighted by molar-refractivity contribution is 0.161. The van der Waals surface area contributed by atoms with E-state index in [0.29, 0.717) is 26.1 Å². The third-order valence-corrected chi connectivity index (χ3v) is 6.24. The van der Waals surface area contributed by atoms with E-state index < -0.39 is 0 Å². The van der Waals surface area contributed by atoms with Crippen LogP contribution in [0.25, 0.3) is 11.1 Å². The van der Waals surface area contributed by atoms with Gasteiger partial charge in [0.2, 0.25) is 0 Å². The summed E-state index contributed by atoms with van der Waals surface area (Å²) in [5.41, 5.74) is 5.17. The fraction of sp³-hybridized carbons (Fsp3) is 0.333. The average Bonchev–Trinajstić information content (AvgIpc) is 3.35. The van der Waals surface area contributed by atoms with E-state index in [1.165, 1.54) is 11.6 Å². The Balaban J connectivity index is 1.50. The quantitative estimate of drug-likeness (QED) is 0.518. The number of fused-ring (bicyclic) bond motifs is 2. The molecule has 2 aliphatic rings. The molecular weight excluding hydrogens is 472 g/mol. The van der Waals surface area contributed by atoms with Crippen LogP contribution < -0.4 is 4.74 Å². The molecule has 1 aromatic carbocycles. The number of nitrogens with zero attached hydrogens (tertiary/aromatic N) is 3. The molecule has 5 rings (SSSR count). The molecule has 4 heterocycles. The minimum absolute atomic E-state index is 0.162. The predicted octanol–water partition coefficient (Wildman–Crippen LogP) is 4.00. The van der Waals surface area contributed by atoms with Gasteiger partial charge in [-0.1, -0.05) is 6.08 Å². The highest BCUT2D eigenvalue weighted by Crippen LogP contribution is 2.32. The maximum absolute atomic E-state index is 14.5. The number of hydrogen-bond acceptors (Lipinski definition) is 4. The van der Waals surface area contributed by atoms with Crippen LogP contribution in [0.3, 0.4) is 0 Å². The molecule has 0 amide bonds. The standard InChI is InChI=1S/C21H19FIN3O2/c22-17-2-3-18-15(7-10-28-18)14(17)1-4-19-24-11-16(13-5-8-27-9-6-13)20-21(23)25-12-26(19)20/h2-3,5,11-12H,1,4,6-10H2. The van der Waals surface area contributed by atoms with E-state index in [1.807, 2.05) is 16.9 Å². The van der Waals surface area contributed by atoms with E-state index in [4.69, 9.17) is 14.5 Å². The number of imidazole rings is 1. The smallest absolute Gasteiger partial charge is 0.127 e. The number of aryl methyl sites for hydroxylation is 1. The van der Waals surface area contributed by atoms with Crippen LogP contribution >= 0.6 is 22.6 Å². The van der Waals surface area contributed by atoms with Crippen molar-refractivity contribution in [3.8, 4) is 5.75 Å². The Labute approximate surface area is 175 Å². The molecule has 0 radical (unpaired) electrons. The molecule has 144 valence electrons. The summed E-state index contributed by atoms with van der Waals surface area (Å²) in [5.74, 6) is 1.54. The highest BCUT2D eigenvalue weighted by atomic mass is 127. The Morgan fingerprint density at radius 1 is 1.14 bits per heavy atom. The normalized spacial score (nSPS) is 16.1. The molecule has 5 nitrogen and oxygen atoms in total. The monoisotopic (exact) mass is 491 g/mol. The van der Waals surface area contributed by atoms with Crippen LogP contribution in [0.2, 0.25) is 0 Å². The molecule has 0 bridgehead atoms. The fourth-order valence-electron chi connectivity index (χ4n) is 4.04. The van der Waals surface area contributed by atoms with Crippen LogP contribution in [0.5, 0.6) is 5.75 Å². The van der Waals surface area contributed by atoms with Gasteiger partial charge in [-0.2, -0.15) is 0 Å². The van der Waals surface area contributed by atoms with Gasteiger partial charge in [0.25, 0.3) is 0 Å².